The van der Waals surface area contributed by atoms with E-state index in [0.717, 1.165) is 11.3 Å². The molecule has 0 unspecified atom stereocenters. The Bertz CT molecular complexity index is 349. The SMILES string of the molecule is CC(=O)c1ccccc1N(CCCl)CCCl. The molecule has 0 fully saturated rings. The summed E-state index contributed by atoms with van der Waals surface area (Å²) >= 11 is 11.5. The van der Waals surface area contributed by atoms with Crippen LogP contribution in [0.5, 0.6) is 0 Å². The van der Waals surface area contributed by atoms with Crippen LogP contribution >= 0.6 is 23.2 Å². The lowest BCUT2D eigenvalue weighted by atomic mass is 10.1. The summed E-state index contributed by atoms with van der Waals surface area (Å²) in [7, 11) is 0. The molecular formula is C12H15Cl2NO. The van der Waals surface area contributed by atoms with Gasteiger partial charge in [-0.15, -0.1) is 23.2 Å². The molecule has 0 amide bonds. The quantitative estimate of drug-likeness (QED) is 0.578. The van der Waals surface area contributed by atoms with E-state index >= 15 is 0 Å². The molecule has 0 bridgehead atoms. The van der Waals surface area contributed by atoms with E-state index in [0.29, 0.717) is 24.8 Å². The maximum atomic E-state index is 11.5. The number of rotatable bonds is 6. The van der Waals surface area contributed by atoms with Crippen LogP contribution < -0.4 is 4.90 Å². The molecule has 0 aliphatic carbocycles. The molecule has 88 valence electrons. The lowest BCUT2D eigenvalue weighted by molar-refractivity contribution is 0.101. The zero-order valence-electron chi connectivity index (χ0n) is 9.25. The molecule has 0 atom stereocenters. The molecule has 0 heterocycles. The van der Waals surface area contributed by atoms with Crippen LogP contribution in [0.3, 0.4) is 0 Å². The first-order valence-corrected chi connectivity index (χ1v) is 6.24. The molecule has 0 saturated carbocycles. The van der Waals surface area contributed by atoms with Crippen molar-refractivity contribution in [3.63, 3.8) is 0 Å². The Morgan fingerprint density at radius 2 is 1.75 bits per heavy atom. The Morgan fingerprint density at radius 3 is 2.25 bits per heavy atom. The van der Waals surface area contributed by atoms with Gasteiger partial charge in [0, 0.05) is 36.1 Å². The second kappa shape index (κ2) is 6.77. The maximum absolute atomic E-state index is 11.5. The van der Waals surface area contributed by atoms with Gasteiger partial charge in [0.15, 0.2) is 5.78 Å². The van der Waals surface area contributed by atoms with Gasteiger partial charge in [0.25, 0.3) is 0 Å². The number of ketones is 1. The van der Waals surface area contributed by atoms with Crippen LogP contribution in [0.25, 0.3) is 0 Å². The van der Waals surface area contributed by atoms with Gasteiger partial charge in [0.2, 0.25) is 0 Å². The molecule has 1 rings (SSSR count). The van der Waals surface area contributed by atoms with E-state index in [9.17, 15) is 4.79 Å². The van der Waals surface area contributed by atoms with Crippen LogP contribution in [0.15, 0.2) is 24.3 Å². The number of halogens is 2. The van der Waals surface area contributed by atoms with E-state index in [-0.39, 0.29) is 5.78 Å². The molecule has 0 aliphatic heterocycles. The smallest absolute Gasteiger partial charge is 0.161 e. The van der Waals surface area contributed by atoms with Crippen LogP contribution in [-0.2, 0) is 0 Å². The van der Waals surface area contributed by atoms with Gasteiger partial charge >= 0.3 is 0 Å². The number of nitrogens with zero attached hydrogens (tertiary/aromatic N) is 1. The molecule has 4 heteroatoms. The van der Waals surface area contributed by atoms with Crippen molar-refractivity contribution in [3.8, 4) is 0 Å². The number of Topliss-reactive ketones (excluding diaryl/α,β-unsaturated/α-hetero) is 1. The summed E-state index contributed by atoms with van der Waals surface area (Å²) in [6.45, 7) is 2.95. The standard InChI is InChI=1S/C12H15Cl2NO/c1-10(16)11-4-2-3-5-12(11)15(8-6-13)9-7-14/h2-5H,6-9H2,1H3. The third-order valence-corrected chi connectivity index (χ3v) is 2.67. The Kier molecular flexibility index (Phi) is 5.64. The van der Waals surface area contributed by atoms with Crippen molar-refractivity contribution in [2.75, 3.05) is 29.7 Å². The highest BCUT2D eigenvalue weighted by atomic mass is 35.5. The van der Waals surface area contributed by atoms with Crippen LogP contribution in [0.2, 0.25) is 0 Å². The van der Waals surface area contributed by atoms with Crippen molar-refractivity contribution in [1.29, 1.82) is 0 Å². The van der Waals surface area contributed by atoms with Gasteiger partial charge in [-0.2, -0.15) is 0 Å². The van der Waals surface area contributed by atoms with Gasteiger partial charge in [0.1, 0.15) is 0 Å². The summed E-state index contributed by atoms with van der Waals surface area (Å²) in [5, 5.41) is 0. The molecule has 0 aliphatic rings. The molecular weight excluding hydrogens is 245 g/mol. The van der Waals surface area contributed by atoms with Gasteiger partial charge in [0.05, 0.1) is 0 Å². The fourth-order valence-corrected chi connectivity index (χ4v) is 2.01. The highest BCUT2D eigenvalue weighted by Crippen LogP contribution is 2.20. The summed E-state index contributed by atoms with van der Waals surface area (Å²) in [5.41, 5.74) is 1.63. The minimum absolute atomic E-state index is 0.0599. The number of hydrogen-bond acceptors (Lipinski definition) is 2. The third kappa shape index (κ3) is 3.39. The number of anilines is 1. The molecule has 0 spiro atoms. The fourth-order valence-electron chi connectivity index (χ4n) is 1.60. The van der Waals surface area contributed by atoms with E-state index < -0.39 is 0 Å². The van der Waals surface area contributed by atoms with E-state index in [1.54, 1.807) is 6.92 Å². The summed E-state index contributed by atoms with van der Waals surface area (Å²) < 4.78 is 0. The topological polar surface area (TPSA) is 20.3 Å². The van der Waals surface area contributed by atoms with Crippen LogP contribution in [0.4, 0.5) is 5.69 Å². The minimum Gasteiger partial charge on any atom is -0.369 e. The Morgan fingerprint density at radius 1 is 1.19 bits per heavy atom. The lowest BCUT2D eigenvalue weighted by Crippen LogP contribution is -2.29. The first kappa shape index (κ1) is 13.3. The van der Waals surface area contributed by atoms with E-state index in [4.69, 9.17) is 23.2 Å². The summed E-state index contributed by atoms with van der Waals surface area (Å²) in [5.74, 6) is 1.09. The largest absolute Gasteiger partial charge is 0.369 e. The maximum Gasteiger partial charge on any atom is 0.161 e. The van der Waals surface area contributed by atoms with Crippen molar-refractivity contribution in [1.82, 2.24) is 0 Å². The molecule has 1 aromatic rings. The molecule has 1 aromatic carbocycles. The Balaban J connectivity index is 3.02. The zero-order valence-corrected chi connectivity index (χ0v) is 10.8. The summed E-state index contributed by atoms with van der Waals surface area (Å²) in [6.07, 6.45) is 0. The van der Waals surface area contributed by atoms with Gasteiger partial charge in [-0.25, -0.2) is 0 Å². The zero-order chi connectivity index (χ0) is 12.0. The number of para-hydroxylation sites is 1. The predicted molar refractivity (Wildman–Crippen MR) is 70.1 cm³/mol. The molecule has 0 N–H and O–H groups in total. The highest BCUT2D eigenvalue weighted by molar-refractivity contribution is 6.18. The van der Waals surface area contributed by atoms with Gasteiger partial charge < -0.3 is 4.90 Å². The number of benzene rings is 1. The molecule has 0 aromatic heterocycles. The number of carbonyl (C=O) groups is 1. The normalized spacial score (nSPS) is 10.2. The highest BCUT2D eigenvalue weighted by Gasteiger charge is 2.12. The second-order valence-corrected chi connectivity index (χ2v) is 4.19. The molecule has 0 saturated heterocycles. The number of alkyl halides is 2. The average Bonchev–Trinajstić information content (AvgIpc) is 2.29. The minimum atomic E-state index is 0.0599. The predicted octanol–water partition coefficient (Wildman–Crippen LogP) is 3.17. The van der Waals surface area contributed by atoms with Gasteiger partial charge in [-0.05, 0) is 19.1 Å². The van der Waals surface area contributed by atoms with Crippen molar-refractivity contribution in [2.24, 2.45) is 0 Å². The third-order valence-electron chi connectivity index (χ3n) is 2.33. The Labute approximate surface area is 106 Å². The second-order valence-electron chi connectivity index (χ2n) is 3.44. The number of hydrogen-bond donors (Lipinski definition) is 0. The lowest BCUT2D eigenvalue weighted by Gasteiger charge is -2.24. The van der Waals surface area contributed by atoms with E-state index in [2.05, 4.69) is 0 Å². The summed E-state index contributed by atoms with van der Waals surface area (Å²) in [6, 6.07) is 7.53. The van der Waals surface area contributed by atoms with Crippen LogP contribution in [0, 0.1) is 0 Å². The van der Waals surface area contributed by atoms with Crippen LogP contribution in [-0.4, -0.2) is 30.6 Å². The van der Waals surface area contributed by atoms with Crippen LogP contribution in [0.1, 0.15) is 17.3 Å². The molecule has 0 radical (unpaired) electrons. The van der Waals surface area contributed by atoms with Crippen molar-refractivity contribution < 1.29 is 4.79 Å². The van der Waals surface area contributed by atoms with Gasteiger partial charge in [-0.1, -0.05) is 12.1 Å². The summed E-state index contributed by atoms with van der Waals surface area (Å²) in [4.78, 5) is 13.5. The van der Waals surface area contributed by atoms with Gasteiger partial charge in [-0.3, -0.25) is 4.79 Å². The monoisotopic (exact) mass is 259 g/mol. The average molecular weight is 260 g/mol. The van der Waals surface area contributed by atoms with Crippen molar-refractivity contribution in [2.45, 2.75) is 6.92 Å². The van der Waals surface area contributed by atoms with Crippen molar-refractivity contribution >= 4 is 34.7 Å². The number of carbonyl (C=O) groups excluding carboxylic acids is 1. The molecule has 16 heavy (non-hydrogen) atoms. The van der Waals surface area contributed by atoms with E-state index in [1.807, 2.05) is 29.2 Å². The Hall–Kier alpha value is -0.730. The van der Waals surface area contributed by atoms with Crippen molar-refractivity contribution in [3.05, 3.63) is 29.8 Å². The fraction of sp³-hybridized carbons (Fsp3) is 0.417. The first-order valence-electron chi connectivity index (χ1n) is 5.17. The molecule has 2 nitrogen and oxygen atoms in total. The first-order chi connectivity index (χ1) is 7.70. The van der Waals surface area contributed by atoms with E-state index in [1.165, 1.54) is 0 Å².